The molecule has 3 aromatic heterocycles. The Balaban J connectivity index is 1.54. The van der Waals surface area contributed by atoms with E-state index in [1.807, 2.05) is 15.5 Å². The zero-order valence-electron chi connectivity index (χ0n) is 15.2. The lowest BCUT2D eigenvalue weighted by atomic mass is 9.95. The summed E-state index contributed by atoms with van der Waals surface area (Å²) in [4.78, 5) is 31.2. The zero-order chi connectivity index (χ0) is 18.8. The molecule has 1 fully saturated rings. The lowest BCUT2D eigenvalue weighted by molar-refractivity contribution is -0.128. The van der Waals surface area contributed by atoms with Gasteiger partial charge < -0.3 is 4.90 Å². The molecule has 1 saturated heterocycles. The van der Waals surface area contributed by atoms with Crippen LogP contribution >= 0.6 is 11.6 Å². The summed E-state index contributed by atoms with van der Waals surface area (Å²) >= 11 is 6.07. The molecule has 140 valence electrons. The maximum Gasteiger partial charge on any atom is 0.234 e. The third kappa shape index (κ3) is 3.93. The van der Waals surface area contributed by atoms with Gasteiger partial charge in [0.05, 0.1) is 35.0 Å². The summed E-state index contributed by atoms with van der Waals surface area (Å²) in [6, 6.07) is 0. The lowest BCUT2D eigenvalue weighted by Gasteiger charge is -2.18. The number of aromatic nitrogens is 5. The SMILES string of the molecule is CC(=O)N1CCC[C@H](Cc2cncc(-c3cnc4ncc(Cl)cn34)n2)CC1. The van der Waals surface area contributed by atoms with Crippen LogP contribution in [0.1, 0.15) is 31.9 Å². The van der Waals surface area contributed by atoms with E-state index < -0.39 is 0 Å². The molecule has 0 bridgehead atoms. The molecule has 1 atom stereocenters. The Bertz CT molecular complexity index is 972. The van der Waals surface area contributed by atoms with Gasteiger partial charge in [-0.05, 0) is 31.6 Å². The number of fused-ring (bicyclic) bond motifs is 1. The molecule has 0 spiro atoms. The minimum atomic E-state index is 0.164. The molecular formula is C19H21ClN6O. The van der Waals surface area contributed by atoms with Gasteiger partial charge in [-0.15, -0.1) is 0 Å². The number of hydrogen-bond acceptors (Lipinski definition) is 5. The standard InChI is InChI=1S/C19H21ClN6O/c1-13(27)25-5-2-3-14(4-6-25)7-16-9-21-10-17(24-16)18-11-23-19-22-8-15(20)12-26(18)19/h8-12,14H,2-7H2,1H3/t14-/m0/s1. The maximum atomic E-state index is 11.6. The largest absolute Gasteiger partial charge is 0.343 e. The third-order valence-corrected chi connectivity index (χ3v) is 5.27. The molecule has 3 aromatic rings. The van der Waals surface area contributed by atoms with Crippen molar-refractivity contribution in [3.8, 4) is 11.4 Å². The molecule has 4 rings (SSSR count). The van der Waals surface area contributed by atoms with Crippen LogP contribution in [0.15, 0.2) is 31.0 Å². The molecule has 0 aromatic carbocycles. The van der Waals surface area contributed by atoms with Crippen molar-refractivity contribution < 1.29 is 4.79 Å². The monoisotopic (exact) mass is 384 g/mol. The number of imidazole rings is 1. The first-order valence-electron chi connectivity index (χ1n) is 9.15. The van der Waals surface area contributed by atoms with Crippen molar-refractivity contribution in [1.29, 1.82) is 0 Å². The molecule has 0 N–H and O–H groups in total. The molecule has 27 heavy (non-hydrogen) atoms. The van der Waals surface area contributed by atoms with Gasteiger partial charge in [0, 0.05) is 32.4 Å². The number of nitrogens with zero attached hydrogens (tertiary/aromatic N) is 6. The summed E-state index contributed by atoms with van der Waals surface area (Å²) in [6.45, 7) is 3.32. The predicted octanol–water partition coefficient (Wildman–Crippen LogP) is 3.03. The smallest absolute Gasteiger partial charge is 0.234 e. The first kappa shape index (κ1) is 17.9. The van der Waals surface area contributed by atoms with Crippen LogP contribution in [0, 0.1) is 5.92 Å². The van der Waals surface area contributed by atoms with E-state index >= 15 is 0 Å². The van der Waals surface area contributed by atoms with E-state index in [1.54, 1.807) is 31.7 Å². The van der Waals surface area contributed by atoms with Crippen molar-refractivity contribution in [3.05, 3.63) is 41.7 Å². The van der Waals surface area contributed by atoms with E-state index in [9.17, 15) is 4.79 Å². The molecular weight excluding hydrogens is 364 g/mol. The number of likely N-dealkylation sites (tertiary alicyclic amines) is 1. The number of carbonyl (C=O) groups excluding carboxylic acids is 1. The van der Waals surface area contributed by atoms with Crippen molar-refractivity contribution in [2.24, 2.45) is 5.92 Å². The second-order valence-corrected chi connectivity index (χ2v) is 7.42. The average Bonchev–Trinajstić information content (AvgIpc) is 2.92. The molecule has 0 saturated carbocycles. The number of amides is 1. The van der Waals surface area contributed by atoms with Gasteiger partial charge in [-0.3, -0.25) is 14.2 Å². The molecule has 0 radical (unpaired) electrons. The Morgan fingerprint density at radius 1 is 1.19 bits per heavy atom. The van der Waals surface area contributed by atoms with Crippen LogP contribution in [0.2, 0.25) is 5.02 Å². The van der Waals surface area contributed by atoms with Crippen LogP contribution in [0.3, 0.4) is 0 Å². The van der Waals surface area contributed by atoms with Gasteiger partial charge >= 0.3 is 0 Å². The van der Waals surface area contributed by atoms with Crippen LogP contribution in [0.4, 0.5) is 0 Å². The van der Waals surface area contributed by atoms with E-state index in [4.69, 9.17) is 16.6 Å². The first-order chi connectivity index (χ1) is 13.1. The molecule has 0 unspecified atom stereocenters. The maximum absolute atomic E-state index is 11.6. The highest BCUT2D eigenvalue weighted by atomic mass is 35.5. The fourth-order valence-corrected chi connectivity index (χ4v) is 3.79. The van der Waals surface area contributed by atoms with Gasteiger partial charge in [0.2, 0.25) is 11.7 Å². The van der Waals surface area contributed by atoms with Crippen molar-refractivity contribution in [3.63, 3.8) is 0 Å². The molecule has 4 heterocycles. The lowest BCUT2D eigenvalue weighted by Crippen LogP contribution is -2.29. The van der Waals surface area contributed by atoms with Crippen LogP contribution < -0.4 is 0 Å². The number of carbonyl (C=O) groups is 1. The number of hydrogen-bond donors (Lipinski definition) is 0. The van der Waals surface area contributed by atoms with Crippen LogP contribution in [0.5, 0.6) is 0 Å². The Morgan fingerprint density at radius 3 is 2.89 bits per heavy atom. The molecule has 1 amide bonds. The van der Waals surface area contributed by atoms with Gasteiger partial charge in [-0.1, -0.05) is 11.6 Å². The normalized spacial score (nSPS) is 17.9. The number of rotatable bonds is 3. The Hall–Kier alpha value is -2.54. The van der Waals surface area contributed by atoms with Gasteiger partial charge in [0.25, 0.3) is 0 Å². The van der Waals surface area contributed by atoms with Crippen molar-refractivity contribution >= 4 is 23.3 Å². The van der Waals surface area contributed by atoms with Gasteiger partial charge in [-0.25, -0.2) is 15.0 Å². The fraction of sp³-hybridized carbons (Fsp3) is 0.421. The van der Waals surface area contributed by atoms with E-state index in [2.05, 4.69) is 15.0 Å². The first-order valence-corrected chi connectivity index (χ1v) is 9.53. The zero-order valence-corrected chi connectivity index (χ0v) is 15.9. The van der Waals surface area contributed by atoms with E-state index in [0.29, 0.717) is 16.7 Å². The Kier molecular flexibility index (Phi) is 5.03. The van der Waals surface area contributed by atoms with Crippen LogP contribution in [0.25, 0.3) is 17.2 Å². The van der Waals surface area contributed by atoms with E-state index in [1.165, 1.54) is 0 Å². The van der Waals surface area contributed by atoms with Crippen LogP contribution in [-0.2, 0) is 11.2 Å². The summed E-state index contributed by atoms with van der Waals surface area (Å²) in [5.41, 5.74) is 2.53. The quantitative estimate of drug-likeness (QED) is 0.693. The minimum absolute atomic E-state index is 0.164. The highest BCUT2D eigenvalue weighted by molar-refractivity contribution is 6.30. The average molecular weight is 385 g/mol. The van der Waals surface area contributed by atoms with Crippen molar-refractivity contribution in [2.75, 3.05) is 13.1 Å². The van der Waals surface area contributed by atoms with E-state index in [-0.39, 0.29) is 5.91 Å². The molecule has 1 aliphatic heterocycles. The van der Waals surface area contributed by atoms with Crippen molar-refractivity contribution in [2.45, 2.75) is 32.6 Å². The minimum Gasteiger partial charge on any atom is -0.343 e. The fourth-order valence-electron chi connectivity index (χ4n) is 3.65. The second-order valence-electron chi connectivity index (χ2n) is 6.99. The highest BCUT2D eigenvalue weighted by Gasteiger charge is 2.20. The summed E-state index contributed by atoms with van der Waals surface area (Å²) in [5.74, 6) is 1.25. The summed E-state index contributed by atoms with van der Waals surface area (Å²) in [7, 11) is 0. The Labute approximate surface area is 162 Å². The van der Waals surface area contributed by atoms with Gasteiger partial charge in [0.1, 0.15) is 5.69 Å². The topological polar surface area (TPSA) is 76.3 Å². The number of halogens is 1. The molecule has 7 nitrogen and oxygen atoms in total. The summed E-state index contributed by atoms with van der Waals surface area (Å²) in [6.07, 6.45) is 12.7. The summed E-state index contributed by atoms with van der Waals surface area (Å²) in [5, 5.41) is 0.541. The highest BCUT2D eigenvalue weighted by Crippen LogP contribution is 2.23. The van der Waals surface area contributed by atoms with E-state index in [0.717, 1.165) is 55.9 Å². The second kappa shape index (κ2) is 7.60. The van der Waals surface area contributed by atoms with Gasteiger partial charge in [-0.2, -0.15) is 0 Å². The van der Waals surface area contributed by atoms with Gasteiger partial charge in [0.15, 0.2) is 0 Å². The third-order valence-electron chi connectivity index (χ3n) is 5.07. The molecule has 0 aliphatic carbocycles. The molecule has 1 aliphatic rings. The van der Waals surface area contributed by atoms with Crippen LogP contribution in [-0.4, -0.2) is 48.2 Å². The predicted molar refractivity (Wildman–Crippen MR) is 102 cm³/mol. The Morgan fingerprint density at radius 2 is 2.04 bits per heavy atom. The molecule has 8 heteroatoms. The van der Waals surface area contributed by atoms with Crippen molar-refractivity contribution in [1.82, 2.24) is 29.2 Å². The summed E-state index contributed by atoms with van der Waals surface area (Å²) < 4.78 is 1.83.